The van der Waals surface area contributed by atoms with Gasteiger partial charge in [0.05, 0.1) is 18.6 Å². The first-order chi connectivity index (χ1) is 9.73. The first-order valence-electron chi connectivity index (χ1n) is 6.85. The molecule has 1 fully saturated rings. The molecule has 1 N–H and O–H groups in total. The molecule has 0 amide bonds. The first-order valence-corrected chi connectivity index (χ1v) is 7.64. The van der Waals surface area contributed by atoms with Crippen molar-refractivity contribution in [1.82, 2.24) is 0 Å². The second-order valence-electron chi connectivity index (χ2n) is 5.69. The number of benzene rings is 1. The van der Waals surface area contributed by atoms with E-state index in [0.29, 0.717) is 18.6 Å². The lowest BCUT2D eigenvalue weighted by Crippen LogP contribution is -2.42. The fourth-order valence-electron chi connectivity index (χ4n) is 3.02. The topological polar surface area (TPSA) is 29.5 Å². The molecule has 0 aromatic heterocycles. The van der Waals surface area contributed by atoms with Crippen LogP contribution in [0, 0.1) is 5.92 Å². The van der Waals surface area contributed by atoms with Gasteiger partial charge in [0.15, 0.2) is 0 Å². The van der Waals surface area contributed by atoms with Crippen molar-refractivity contribution in [2.75, 3.05) is 7.11 Å². The molecule has 2 unspecified atom stereocenters. The Balaban J connectivity index is 2.19. The Kier molecular flexibility index (Phi) is 4.88. The monoisotopic (exact) mass is 366 g/mol. The van der Waals surface area contributed by atoms with Crippen molar-refractivity contribution >= 4 is 15.9 Å². The predicted octanol–water partition coefficient (Wildman–Crippen LogP) is 4.48. The fraction of sp³-hybridized carbons (Fsp3) is 0.600. The summed E-state index contributed by atoms with van der Waals surface area (Å²) >= 11 is 3.33. The summed E-state index contributed by atoms with van der Waals surface area (Å²) < 4.78 is 44.7. The predicted molar refractivity (Wildman–Crippen MR) is 77.4 cm³/mol. The number of rotatable bonds is 3. The van der Waals surface area contributed by atoms with E-state index in [1.165, 1.54) is 7.11 Å². The van der Waals surface area contributed by atoms with E-state index in [9.17, 15) is 18.3 Å². The van der Waals surface area contributed by atoms with Crippen LogP contribution in [0.25, 0.3) is 0 Å². The van der Waals surface area contributed by atoms with Crippen molar-refractivity contribution < 1.29 is 23.0 Å². The summed E-state index contributed by atoms with van der Waals surface area (Å²) in [6, 6.07) is 5.33. The number of alkyl halides is 3. The Morgan fingerprint density at radius 1 is 1.43 bits per heavy atom. The third-order valence-electron chi connectivity index (χ3n) is 4.05. The van der Waals surface area contributed by atoms with Crippen LogP contribution >= 0.6 is 15.9 Å². The smallest absolute Gasteiger partial charge is 0.391 e. The molecule has 0 radical (unpaired) electrons. The molecule has 0 spiro atoms. The van der Waals surface area contributed by atoms with Crippen LogP contribution in [-0.2, 0) is 6.42 Å². The van der Waals surface area contributed by atoms with Gasteiger partial charge in [0, 0.05) is 10.9 Å². The molecule has 6 heteroatoms. The Morgan fingerprint density at radius 3 is 2.76 bits per heavy atom. The van der Waals surface area contributed by atoms with Crippen molar-refractivity contribution in [2.24, 2.45) is 5.92 Å². The zero-order valence-corrected chi connectivity index (χ0v) is 13.3. The van der Waals surface area contributed by atoms with Gasteiger partial charge in [0.25, 0.3) is 0 Å². The van der Waals surface area contributed by atoms with E-state index in [-0.39, 0.29) is 19.3 Å². The van der Waals surface area contributed by atoms with Crippen molar-refractivity contribution in [2.45, 2.75) is 43.9 Å². The SMILES string of the molecule is COc1ccc(Br)cc1CC1(O)CCCC(C(F)(F)F)C1. The molecule has 0 saturated heterocycles. The van der Waals surface area contributed by atoms with E-state index < -0.39 is 17.7 Å². The van der Waals surface area contributed by atoms with Crippen LogP contribution in [0.2, 0.25) is 0 Å². The molecule has 1 saturated carbocycles. The molecule has 1 aromatic carbocycles. The van der Waals surface area contributed by atoms with E-state index in [0.717, 1.165) is 10.0 Å². The molecule has 1 aliphatic rings. The van der Waals surface area contributed by atoms with Crippen molar-refractivity contribution in [1.29, 1.82) is 0 Å². The second kappa shape index (κ2) is 6.16. The van der Waals surface area contributed by atoms with E-state index in [1.807, 2.05) is 0 Å². The molecule has 0 bridgehead atoms. The Hall–Kier alpha value is -0.750. The normalized spacial score (nSPS) is 26.7. The van der Waals surface area contributed by atoms with Crippen molar-refractivity contribution in [3.05, 3.63) is 28.2 Å². The van der Waals surface area contributed by atoms with Gasteiger partial charge in [-0.15, -0.1) is 0 Å². The van der Waals surface area contributed by atoms with Gasteiger partial charge in [-0.05, 0) is 49.4 Å². The molecular formula is C15H18BrF3O2. The Labute approximate surface area is 130 Å². The molecule has 2 nitrogen and oxygen atoms in total. The highest BCUT2D eigenvalue weighted by Gasteiger charge is 2.47. The summed E-state index contributed by atoms with van der Waals surface area (Å²) in [4.78, 5) is 0. The Morgan fingerprint density at radius 2 is 2.14 bits per heavy atom. The molecule has 0 heterocycles. The molecule has 2 rings (SSSR count). The van der Waals surface area contributed by atoms with Gasteiger partial charge in [-0.1, -0.05) is 15.9 Å². The van der Waals surface area contributed by atoms with Crippen LogP contribution in [0.4, 0.5) is 13.2 Å². The highest BCUT2D eigenvalue weighted by Crippen LogP contribution is 2.43. The average Bonchev–Trinajstić information content (AvgIpc) is 2.37. The number of hydrogen-bond acceptors (Lipinski definition) is 2. The minimum absolute atomic E-state index is 0.0986. The molecule has 0 aliphatic heterocycles. The third-order valence-corrected chi connectivity index (χ3v) is 4.54. The highest BCUT2D eigenvalue weighted by atomic mass is 79.9. The zero-order chi connectivity index (χ0) is 15.7. The highest BCUT2D eigenvalue weighted by molar-refractivity contribution is 9.10. The maximum atomic E-state index is 12.9. The summed E-state index contributed by atoms with van der Waals surface area (Å²) in [5.74, 6) is -0.838. The summed E-state index contributed by atoms with van der Waals surface area (Å²) in [5, 5.41) is 10.6. The van der Waals surface area contributed by atoms with Crippen LogP contribution < -0.4 is 4.74 Å². The van der Waals surface area contributed by atoms with Crippen LogP contribution in [0.1, 0.15) is 31.2 Å². The van der Waals surface area contributed by atoms with Crippen LogP contribution in [0.3, 0.4) is 0 Å². The fourth-order valence-corrected chi connectivity index (χ4v) is 3.43. The maximum Gasteiger partial charge on any atom is 0.391 e. The largest absolute Gasteiger partial charge is 0.496 e. The Bertz CT molecular complexity index is 504. The number of ether oxygens (including phenoxy) is 1. The van der Waals surface area contributed by atoms with Gasteiger partial charge in [-0.2, -0.15) is 13.2 Å². The minimum Gasteiger partial charge on any atom is -0.496 e. The zero-order valence-electron chi connectivity index (χ0n) is 11.7. The molecule has 118 valence electrons. The summed E-state index contributed by atoms with van der Waals surface area (Å²) in [7, 11) is 1.51. The molecule has 1 aliphatic carbocycles. The summed E-state index contributed by atoms with van der Waals surface area (Å²) in [6.07, 6.45) is -3.45. The average molecular weight is 367 g/mol. The second-order valence-corrected chi connectivity index (χ2v) is 6.61. The van der Waals surface area contributed by atoms with Crippen molar-refractivity contribution in [3.63, 3.8) is 0 Å². The van der Waals surface area contributed by atoms with Gasteiger partial charge in [0.2, 0.25) is 0 Å². The van der Waals surface area contributed by atoms with E-state index >= 15 is 0 Å². The van der Waals surface area contributed by atoms with E-state index in [2.05, 4.69) is 15.9 Å². The lowest BCUT2D eigenvalue weighted by Gasteiger charge is -2.38. The quantitative estimate of drug-likeness (QED) is 0.854. The van der Waals surface area contributed by atoms with Crippen LogP contribution in [0.5, 0.6) is 5.75 Å². The molecular weight excluding hydrogens is 349 g/mol. The first kappa shape index (κ1) is 16.6. The minimum atomic E-state index is -4.24. The van der Waals surface area contributed by atoms with Gasteiger partial charge in [-0.3, -0.25) is 0 Å². The molecule has 2 atom stereocenters. The van der Waals surface area contributed by atoms with Crippen molar-refractivity contribution in [3.8, 4) is 5.75 Å². The van der Waals surface area contributed by atoms with Gasteiger partial charge in [0.1, 0.15) is 5.75 Å². The van der Waals surface area contributed by atoms with E-state index in [4.69, 9.17) is 4.74 Å². The molecule has 21 heavy (non-hydrogen) atoms. The van der Waals surface area contributed by atoms with Gasteiger partial charge >= 0.3 is 6.18 Å². The van der Waals surface area contributed by atoms with Gasteiger partial charge < -0.3 is 9.84 Å². The lowest BCUT2D eigenvalue weighted by molar-refractivity contribution is -0.200. The summed E-state index contributed by atoms with van der Waals surface area (Å²) in [5.41, 5.74) is -0.607. The van der Waals surface area contributed by atoms with Crippen LogP contribution in [0.15, 0.2) is 22.7 Å². The maximum absolute atomic E-state index is 12.9. The number of methoxy groups -OCH3 is 1. The third kappa shape index (κ3) is 4.13. The van der Waals surface area contributed by atoms with E-state index in [1.54, 1.807) is 18.2 Å². The number of halogens is 4. The standard InChI is InChI=1S/C15H18BrF3O2/c1-21-13-5-4-12(16)7-10(13)8-14(20)6-2-3-11(9-14)15(17,18)19/h4-5,7,11,20H,2-3,6,8-9H2,1H3. The lowest BCUT2D eigenvalue weighted by atomic mass is 9.75. The van der Waals surface area contributed by atoms with Crippen LogP contribution in [-0.4, -0.2) is 24.0 Å². The van der Waals surface area contributed by atoms with Gasteiger partial charge in [-0.25, -0.2) is 0 Å². The number of aliphatic hydroxyl groups is 1. The summed E-state index contributed by atoms with van der Waals surface area (Å²) in [6.45, 7) is 0. The number of hydrogen-bond donors (Lipinski definition) is 1. The molecule has 1 aromatic rings.